The summed E-state index contributed by atoms with van der Waals surface area (Å²) in [6.07, 6.45) is 1.71. The molecular weight excluding hydrogens is 536 g/mol. The first-order valence-corrected chi connectivity index (χ1v) is 10.6. The molecule has 3 aromatic carbocycles. The molecule has 150 valence electrons. The molecule has 0 radical (unpaired) electrons. The number of halogens is 3. The van der Waals surface area contributed by atoms with Crippen LogP contribution in [0.4, 0.5) is 5.69 Å². The van der Waals surface area contributed by atoms with Gasteiger partial charge in [0.2, 0.25) is 0 Å². The van der Waals surface area contributed by atoms with Crippen LogP contribution in [0.5, 0.6) is 5.75 Å². The zero-order chi connectivity index (χ0) is 21.7. The first-order chi connectivity index (χ1) is 14.4. The molecule has 0 amide bonds. The van der Waals surface area contributed by atoms with Gasteiger partial charge in [-0.1, -0.05) is 23.7 Å². The molecule has 0 aliphatic carbocycles. The number of benzene rings is 3. The molecule has 0 bridgehead atoms. The van der Waals surface area contributed by atoms with Crippen LogP contribution in [0.15, 0.2) is 69.6 Å². The Hall–Kier alpha value is -2.66. The summed E-state index contributed by atoms with van der Waals surface area (Å²) < 4.78 is 7.34. The minimum absolute atomic E-state index is 0.0252. The molecule has 0 saturated heterocycles. The highest BCUT2D eigenvalue weighted by molar-refractivity contribution is 9.11. The first-order valence-electron chi connectivity index (χ1n) is 8.60. The van der Waals surface area contributed by atoms with Crippen LogP contribution in [-0.4, -0.2) is 4.92 Å². The average molecular weight is 549 g/mol. The second-order valence-corrected chi connectivity index (χ2v) is 8.35. The minimum Gasteiger partial charge on any atom is -0.487 e. The summed E-state index contributed by atoms with van der Waals surface area (Å²) in [7, 11) is 0. The van der Waals surface area contributed by atoms with Gasteiger partial charge in [0.05, 0.1) is 25.5 Å². The van der Waals surface area contributed by atoms with Crippen LogP contribution in [0.2, 0.25) is 5.02 Å². The summed E-state index contributed by atoms with van der Waals surface area (Å²) in [5, 5.41) is 21.0. The molecule has 30 heavy (non-hydrogen) atoms. The Bertz CT molecular complexity index is 1150. The zero-order valence-electron chi connectivity index (χ0n) is 15.3. The lowest BCUT2D eigenvalue weighted by Crippen LogP contribution is -1.97. The molecule has 0 atom stereocenters. The lowest BCUT2D eigenvalue weighted by atomic mass is 10.0. The third-order valence-corrected chi connectivity index (χ3v) is 5.53. The fourth-order valence-electron chi connectivity index (χ4n) is 2.69. The van der Waals surface area contributed by atoms with E-state index >= 15 is 0 Å². The van der Waals surface area contributed by atoms with E-state index in [4.69, 9.17) is 16.3 Å². The van der Waals surface area contributed by atoms with Gasteiger partial charge in [0, 0.05) is 17.2 Å². The normalized spacial score (nSPS) is 11.1. The number of nitro benzene ring substituents is 1. The van der Waals surface area contributed by atoms with Crippen LogP contribution in [-0.2, 0) is 6.61 Å². The molecule has 3 aromatic rings. The minimum atomic E-state index is -0.476. The maximum absolute atomic E-state index is 10.8. The lowest BCUT2D eigenvalue weighted by Gasteiger charge is -2.12. The van der Waals surface area contributed by atoms with E-state index in [1.807, 2.05) is 30.3 Å². The Morgan fingerprint density at radius 2 is 1.80 bits per heavy atom. The second-order valence-electron chi connectivity index (χ2n) is 6.21. The first kappa shape index (κ1) is 22.0. The van der Waals surface area contributed by atoms with Gasteiger partial charge in [-0.15, -0.1) is 0 Å². The molecule has 0 unspecified atom stereocenters. The van der Waals surface area contributed by atoms with Gasteiger partial charge in [0.25, 0.3) is 5.69 Å². The Kier molecular flexibility index (Phi) is 7.27. The predicted octanol–water partition coefficient (Wildman–Crippen LogP) is 7.42. The van der Waals surface area contributed by atoms with Crippen LogP contribution in [0, 0.1) is 21.4 Å². The third kappa shape index (κ3) is 5.48. The van der Waals surface area contributed by atoms with Crippen LogP contribution < -0.4 is 4.74 Å². The van der Waals surface area contributed by atoms with Gasteiger partial charge in [-0.05, 0) is 91.0 Å². The fraction of sp³-hybridized carbons (Fsp3) is 0.0455. The van der Waals surface area contributed by atoms with Crippen molar-refractivity contribution in [2.75, 3.05) is 0 Å². The number of nitriles is 1. The van der Waals surface area contributed by atoms with E-state index in [1.165, 1.54) is 12.1 Å². The van der Waals surface area contributed by atoms with Crippen molar-refractivity contribution in [2.45, 2.75) is 6.61 Å². The summed E-state index contributed by atoms with van der Waals surface area (Å²) in [6, 6.07) is 19.1. The monoisotopic (exact) mass is 546 g/mol. The fourth-order valence-corrected chi connectivity index (χ4v) is 4.36. The third-order valence-electron chi connectivity index (χ3n) is 4.11. The van der Waals surface area contributed by atoms with Crippen molar-refractivity contribution in [3.8, 4) is 11.8 Å². The average Bonchev–Trinajstić information content (AvgIpc) is 2.71. The van der Waals surface area contributed by atoms with Crippen molar-refractivity contribution in [1.82, 2.24) is 0 Å². The SMILES string of the molecule is N#C/C(=C\c1cc(Br)c(OCc2cccc(Cl)c2)c(Br)c1)c1ccc([N+](=O)[O-])cc1. The van der Waals surface area contributed by atoms with Crippen LogP contribution in [0.3, 0.4) is 0 Å². The molecular formula is C22H13Br2ClN2O3. The van der Waals surface area contributed by atoms with Crippen molar-refractivity contribution >= 4 is 60.8 Å². The van der Waals surface area contributed by atoms with Gasteiger partial charge in [-0.25, -0.2) is 0 Å². The molecule has 3 rings (SSSR count). The second kappa shape index (κ2) is 9.90. The number of ether oxygens (including phenoxy) is 1. The summed E-state index contributed by atoms with van der Waals surface area (Å²) in [5.41, 5.74) is 2.66. The van der Waals surface area contributed by atoms with Gasteiger partial charge < -0.3 is 4.74 Å². The Balaban J connectivity index is 1.84. The highest BCUT2D eigenvalue weighted by atomic mass is 79.9. The highest BCUT2D eigenvalue weighted by Gasteiger charge is 2.11. The Labute approximate surface area is 195 Å². The van der Waals surface area contributed by atoms with E-state index in [9.17, 15) is 15.4 Å². The van der Waals surface area contributed by atoms with E-state index in [-0.39, 0.29) is 5.69 Å². The number of hydrogen-bond acceptors (Lipinski definition) is 4. The Morgan fingerprint density at radius 1 is 1.13 bits per heavy atom. The number of allylic oxidation sites excluding steroid dienone is 1. The quantitative estimate of drug-likeness (QED) is 0.139. The van der Waals surface area contributed by atoms with Crippen LogP contribution in [0.1, 0.15) is 16.7 Å². The topological polar surface area (TPSA) is 76.2 Å². The maximum Gasteiger partial charge on any atom is 0.269 e. The molecule has 0 N–H and O–H groups in total. The number of hydrogen-bond donors (Lipinski definition) is 0. The Morgan fingerprint density at radius 3 is 2.37 bits per heavy atom. The van der Waals surface area contributed by atoms with Crippen molar-refractivity contribution in [1.29, 1.82) is 5.26 Å². The van der Waals surface area contributed by atoms with Gasteiger partial charge in [-0.3, -0.25) is 10.1 Å². The molecule has 8 heteroatoms. The molecule has 0 heterocycles. The molecule has 0 spiro atoms. The van der Waals surface area contributed by atoms with Gasteiger partial charge in [-0.2, -0.15) is 5.26 Å². The molecule has 0 saturated carbocycles. The van der Waals surface area contributed by atoms with Gasteiger partial charge >= 0.3 is 0 Å². The van der Waals surface area contributed by atoms with Crippen molar-refractivity contribution in [2.24, 2.45) is 0 Å². The van der Waals surface area contributed by atoms with Gasteiger partial charge in [0.15, 0.2) is 0 Å². The van der Waals surface area contributed by atoms with E-state index in [0.717, 1.165) is 11.1 Å². The van der Waals surface area contributed by atoms with Gasteiger partial charge in [0.1, 0.15) is 12.4 Å². The summed E-state index contributed by atoms with van der Waals surface area (Å²) in [6.45, 7) is 0.346. The molecule has 0 fully saturated rings. The number of non-ortho nitro benzene ring substituents is 1. The van der Waals surface area contributed by atoms with Crippen LogP contribution in [0.25, 0.3) is 11.6 Å². The van der Waals surface area contributed by atoms with E-state index < -0.39 is 4.92 Å². The summed E-state index contributed by atoms with van der Waals surface area (Å²) in [5.74, 6) is 0.626. The van der Waals surface area contributed by atoms with Crippen molar-refractivity contribution in [3.63, 3.8) is 0 Å². The van der Waals surface area contributed by atoms with E-state index in [2.05, 4.69) is 37.9 Å². The summed E-state index contributed by atoms with van der Waals surface area (Å²) >= 11 is 13.0. The number of nitrogens with zero attached hydrogens (tertiary/aromatic N) is 2. The summed E-state index contributed by atoms with van der Waals surface area (Å²) in [4.78, 5) is 10.3. The largest absolute Gasteiger partial charge is 0.487 e. The number of nitro groups is 1. The maximum atomic E-state index is 10.8. The molecule has 0 aliphatic rings. The van der Waals surface area contributed by atoms with Crippen LogP contribution >= 0.6 is 43.5 Å². The smallest absolute Gasteiger partial charge is 0.269 e. The van der Waals surface area contributed by atoms with E-state index in [1.54, 1.807) is 24.3 Å². The predicted molar refractivity (Wildman–Crippen MR) is 124 cm³/mol. The highest BCUT2D eigenvalue weighted by Crippen LogP contribution is 2.36. The van der Waals surface area contributed by atoms with Crippen molar-refractivity contribution in [3.05, 3.63) is 101 Å². The molecule has 0 aromatic heterocycles. The van der Waals surface area contributed by atoms with Crippen molar-refractivity contribution < 1.29 is 9.66 Å². The van der Waals surface area contributed by atoms with E-state index in [0.29, 0.717) is 37.5 Å². The molecule has 5 nitrogen and oxygen atoms in total. The lowest BCUT2D eigenvalue weighted by molar-refractivity contribution is -0.384. The molecule has 0 aliphatic heterocycles. The zero-order valence-corrected chi connectivity index (χ0v) is 19.2. The number of rotatable bonds is 6. The standard InChI is InChI=1S/C22H13Br2ClN2O3/c23-20-10-15(8-17(12-26)16-4-6-19(7-5-16)27(28)29)11-21(24)22(20)30-13-14-2-1-3-18(25)9-14/h1-11H,13H2/b17-8+.